The lowest BCUT2D eigenvalue weighted by molar-refractivity contribution is 0.292. The van der Waals surface area contributed by atoms with Crippen LogP contribution >= 0.6 is 12.2 Å². The molecule has 1 aliphatic rings. The summed E-state index contributed by atoms with van der Waals surface area (Å²) in [6, 6.07) is 15.1. The molecule has 33 heavy (non-hydrogen) atoms. The molecule has 1 saturated heterocycles. The number of aromatic nitrogens is 2. The standard InChI is InChI=1S/C27H35N5S/c1-18-11-9-12-19(2)25(18)32-20(3)17-22(21(32)4)26-24(23-13-7-8-14-28-23)29-27(33)31(26)16-10-15-30(5)6/h7-9,11-14,17,24,26H,10,15-16H2,1-6H3,(H,29,33)/t24-,26-/m0/s1. The van der Waals surface area contributed by atoms with E-state index >= 15 is 0 Å². The van der Waals surface area contributed by atoms with Crippen LogP contribution in [0.4, 0.5) is 0 Å². The Morgan fingerprint density at radius 3 is 2.39 bits per heavy atom. The Hall–Kier alpha value is -2.70. The van der Waals surface area contributed by atoms with Gasteiger partial charge < -0.3 is 19.7 Å². The van der Waals surface area contributed by atoms with Gasteiger partial charge in [-0.1, -0.05) is 24.3 Å². The van der Waals surface area contributed by atoms with Crippen molar-refractivity contribution >= 4 is 17.3 Å². The normalized spacial score (nSPS) is 18.3. The Balaban J connectivity index is 1.81. The highest BCUT2D eigenvalue weighted by Gasteiger charge is 2.41. The van der Waals surface area contributed by atoms with Crippen LogP contribution in [-0.2, 0) is 0 Å². The maximum Gasteiger partial charge on any atom is 0.170 e. The number of hydrogen-bond acceptors (Lipinski definition) is 3. The summed E-state index contributed by atoms with van der Waals surface area (Å²) >= 11 is 5.86. The van der Waals surface area contributed by atoms with E-state index in [-0.39, 0.29) is 12.1 Å². The second-order valence-corrected chi connectivity index (χ2v) is 9.77. The molecule has 0 radical (unpaired) electrons. The van der Waals surface area contributed by atoms with Gasteiger partial charge in [0.2, 0.25) is 0 Å². The van der Waals surface area contributed by atoms with E-state index in [1.165, 1.54) is 33.8 Å². The molecule has 2 atom stereocenters. The second kappa shape index (κ2) is 9.65. The van der Waals surface area contributed by atoms with E-state index in [0.29, 0.717) is 0 Å². The van der Waals surface area contributed by atoms with E-state index in [9.17, 15) is 0 Å². The molecule has 0 aliphatic carbocycles. The highest BCUT2D eigenvalue weighted by Crippen LogP contribution is 2.41. The van der Waals surface area contributed by atoms with E-state index in [0.717, 1.165) is 30.3 Å². The first kappa shape index (κ1) is 23.5. The van der Waals surface area contributed by atoms with Crippen LogP contribution < -0.4 is 5.32 Å². The molecule has 0 saturated carbocycles. The zero-order valence-corrected chi connectivity index (χ0v) is 21.4. The fourth-order valence-corrected chi connectivity index (χ4v) is 5.46. The van der Waals surface area contributed by atoms with Gasteiger partial charge in [-0.05, 0) is 102 Å². The number of hydrogen-bond donors (Lipinski definition) is 1. The van der Waals surface area contributed by atoms with Crippen LogP contribution in [-0.4, -0.2) is 51.6 Å². The van der Waals surface area contributed by atoms with Crippen LogP contribution in [0, 0.1) is 27.7 Å². The van der Waals surface area contributed by atoms with Gasteiger partial charge in [0.25, 0.3) is 0 Å². The molecule has 6 heteroatoms. The van der Waals surface area contributed by atoms with Gasteiger partial charge in [-0.3, -0.25) is 4.98 Å². The summed E-state index contributed by atoms with van der Waals surface area (Å²) in [5.41, 5.74) is 8.69. The van der Waals surface area contributed by atoms with Crippen molar-refractivity contribution in [1.82, 2.24) is 24.7 Å². The molecule has 2 aromatic heterocycles. The van der Waals surface area contributed by atoms with Crippen LogP contribution in [0.3, 0.4) is 0 Å². The van der Waals surface area contributed by atoms with E-state index < -0.39 is 0 Å². The highest BCUT2D eigenvalue weighted by atomic mass is 32.1. The summed E-state index contributed by atoms with van der Waals surface area (Å²) in [5.74, 6) is 0. The van der Waals surface area contributed by atoms with Crippen molar-refractivity contribution in [3.63, 3.8) is 0 Å². The van der Waals surface area contributed by atoms with Crippen molar-refractivity contribution in [1.29, 1.82) is 0 Å². The Morgan fingerprint density at radius 1 is 1.03 bits per heavy atom. The molecule has 0 unspecified atom stereocenters. The number of nitrogens with one attached hydrogen (secondary N) is 1. The van der Waals surface area contributed by atoms with Crippen molar-refractivity contribution in [2.45, 2.75) is 46.2 Å². The Kier molecular flexibility index (Phi) is 6.86. The van der Waals surface area contributed by atoms with E-state index in [1.54, 1.807) is 0 Å². The fourth-order valence-electron chi connectivity index (χ4n) is 5.13. The lowest BCUT2D eigenvalue weighted by Gasteiger charge is -2.28. The van der Waals surface area contributed by atoms with Crippen molar-refractivity contribution < 1.29 is 0 Å². The number of benzene rings is 1. The summed E-state index contributed by atoms with van der Waals surface area (Å²) in [6.07, 6.45) is 2.92. The fraction of sp³-hybridized carbons (Fsp3) is 0.407. The minimum absolute atomic E-state index is 0.0185. The predicted octanol–water partition coefficient (Wildman–Crippen LogP) is 5.03. The van der Waals surface area contributed by atoms with Crippen molar-refractivity contribution in [2.24, 2.45) is 0 Å². The number of thiocarbonyl (C=S) groups is 1. The summed E-state index contributed by atoms with van der Waals surface area (Å²) in [7, 11) is 4.24. The van der Waals surface area contributed by atoms with E-state index in [1.807, 2.05) is 12.3 Å². The first-order chi connectivity index (χ1) is 15.8. The van der Waals surface area contributed by atoms with Crippen LogP contribution in [0.25, 0.3) is 5.69 Å². The third kappa shape index (κ3) is 4.55. The van der Waals surface area contributed by atoms with Crippen molar-refractivity contribution in [2.75, 3.05) is 27.2 Å². The summed E-state index contributed by atoms with van der Waals surface area (Å²) in [6.45, 7) is 10.8. The molecular formula is C27H35N5S. The highest BCUT2D eigenvalue weighted by molar-refractivity contribution is 7.80. The lowest BCUT2D eigenvalue weighted by Crippen LogP contribution is -2.32. The molecule has 4 rings (SSSR count). The third-order valence-electron chi connectivity index (χ3n) is 6.65. The minimum atomic E-state index is 0.0185. The Labute approximate surface area is 203 Å². The summed E-state index contributed by atoms with van der Waals surface area (Å²) in [5, 5.41) is 4.41. The zero-order valence-electron chi connectivity index (χ0n) is 20.6. The molecule has 5 nitrogen and oxygen atoms in total. The molecule has 3 heterocycles. The number of para-hydroxylation sites is 1. The number of pyridine rings is 1. The van der Waals surface area contributed by atoms with Crippen LogP contribution in [0.1, 0.15) is 52.3 Å². The van der Waals surface area contributed by atoms with E-state index in [2.05, 4.69) is 97.9 Å². The molecule has 0 amide bonds. The number of rotatable bonds is 7. The molecule has 1 aromatic carbocycles. The average molecular weight is 462 g/mol. The third-order valence-corrected chi connectivity index (χ3v) is 7.01. The molecule has 3 aromatic rings. The average Bonchev–Trinajstić information content (AvgIpc) is 3.25. The molecule has 1 fully saturated rings. The van der Waals surface area contributed by atoms with Crippen molar-refractivity contribution in [3.8, 4) is 5.69 Å². The molecule has 1 aliphatic heterocycles. The zero-order chi connectivity index (χ0) is 23.7. The monoisotopic (exact) mass is 461 g/mol. The maximum atomic E-state index is 5.86. The largest absolute Gasteiger partial charge is 0.352 e. The first-order valence-electron chi connectivity index (χ1n) is 11.7. The topological polar surface area (TPSA) is 36.3 Å². The van der Waals surface area contributed by atoms with Crippen LogP contribution in [0.5, 0.6) is 0 Å². The van der Waals surface area contributed by atoms with Gasteiger partial charge in [-0.15, -0.1) is 0 Å². The number of nitrogens with zero attached hydrogens (tertiary/aromatic N) is 4. The lowest BCUT2D eigenvalue weighted by atomic mass is 9.96. The predicted molar refractivity (Wildman–Crippen MR) is 140 cm³/mol. The van der Waals surface area contributed by atoms with E-state index in [4.69, 9.17) is 17.2 Å². The Bertz CT molecular complexity index is 1110. The quantitative estimate of drug-likeness (QED) is 0.500. The summed E-state index contributed by atoms with van der Waals surface area (Å²) < 4.78 is 2.41. The second-order valence-electron chi connectivity index (χ2n) is 9.38. The smallest absolute Gasteiger partial charge is 0.170 e. The van der Waals surface area contributed by atoms with Gasteiger partial charge >= 0.3 is 0 Å². The Morgan fingerprint density at radius 2 is 1.76 bits per heavy atom. The molecule has 174 valence electrons. The molecule has 1 N–H and O–H groups in total. The molecule has 0 spiro atoms. The van der Waals surface area contributed by atoms with Gasteiger partial charge in [-0.2, -0.15) is 0 Å². The molecule has 0 bridgehead atoms. The molecular weight excluding hydrogens is 426 g/mol. The van der Waals surface area contributed by atoms with Gasteiger partial charge in [0.05, 0.1) is 23.5 Å². The van der Waals surface area contributed by atoms with Gasteiger partial charge in [-0.25, -0.2) is 0 Å². The summed E-state index contributed by atoms with van der Waals surface area (Å²) in [4.78, 5) is 9.29. The SMILES string of the molecule is Cc1cccc(C)c1-n1c(C)cc([C@H]2[C@H](c3ccccn3)NC(=S)N2CCCN(C)C)c1C. The number of aryl methyl sites for hydroxylation is 3. The maximum absolute atomic E-state index is 5.86. The van der Waals surface area contributed by atoms with Gasteiger partial charge in [0.15, 0.2) is 5.11 Å². The van der Waals surface area contributed by atoms with Crippen molar-refractivity contribution in [3.05, 3.63) is 82.4 Å². The van der Waals surface area contributed by atoms with Crippen LogP contribution in [0.15, 0.2) is 48.7 Å². The first-order valence-corrected chi connectivity index (χ1v) is 12.1. The minimum Gasteiger partial charge on any atom is -0.352 e. The van der Waals surface area contributed by atoms with Gasteiger partial charge in [0.1, 0.15) is 0 Å². The van der Waals surface area contributed by atoms with Crippen LogP contribution in [0.2, 0.25) is 0 Å². The van der Waals surface area contributed by atoms with Gasteiger partial charge in [0, 0.05) is 24.1 Å².